The van der Waals surface area contributed by atoms with E-state index in [4.69, 9.17) is 0 Å². The SMILES string of the molecule is Fc1c(I)ncc(OC(F)(F)F)c1I. The molecule has 0 saturated carbocycles. The van der Waals surface area contributed by atoms with Gasteiger partial charge in [-0.25, -0.2) is 9.37 Å². The summed E-state index contributed by atoms with van der Waals surface area (Å²) in [5.74, 6) is -1.44. The van der Waals surface area contributed by atoms with Gasteiger partial charge in [0.2, 0.25) is 0 Å². The fraction of sp³-hybridized carbons (Fsp3) is 0.167. The van der Waals surface area contributed by atoms with Gasteiger partial charge in [0.15, 0.2) is 11.6 Å². The fourth-order valence-electron chi connectivity index (χ4n) is 0.623. The van der Waals surface area contributed by atoms with Crippen LogP contribution in [0.2, 0.25) is 0 Å². The van der Waals surface area contributed by atoms with Gasteiger partial charge < -0.3 is 4.74 Å². The van der Waals surface area contributed by atoms with Gasteiger partial charge >= 0.3 is 6.36 Å². The van der Waals surface area contributed by atoms with E-state index in [1.54, 1.807) is 22.6 Å². The molecule has 1 rings (SSSR count). The van der Waals surface area contributed by atoms with Crippen LogP contribution in [-0.4, -0.2) is 11.3 Å². The minimum absolute atomic E-state index is 0.00141. The largest absolute Gasteiger partial charge is 0.573 e. The van der Waals surface area contributed by atoms with E-state index in [0.29, 0.717) is 0 Å². The van der Waals surface area contributed by atoms with Crippen LogP contribution in [-0.2, 0) is 0 Å². The highest BCUT2D eigenvalue weighted by Gasteiger charge is 2.32. The van der Waals surface area contributed by atoms with Gasteiger partial charge in [-0.05, 0) is 45.2 Å². The minimum atomic E-state index is -4.83. The van der Waals surface area contributed by atoms with Crippen molar-refractivity contribution in [3.63, 3.8) is 0 Å². The zero-order chi connectivity index (χ0) is 10.9. The van der Waals surface area contributed by atoms with E-state index in [1.165, 1.54) is 22.6 Å². The van der Waals surface area contributed by atoms with Crippen molar-refractivity contribution in [2.75, 3.05) is 0 Å². The molecule has 1 heterocycles. The number of hydrogen-bond acceptors (Lipinski definition) is 2. The molecule has 0 fully saturated rings. The number of aromatic nitrogens is 1. The molecule has 14 heavy (non-hydrogen) atoms. The summed E-state index contributed by atoms with van der Waals surface area (Å²) >= 11 is 3.00. The third-order valence-corrected chi connectivity index (χ3v) is 2.87. The summed E-state index contributed by atoms with van der Waals surface area (Å²) in [5.41, 5.74) is 0. The lowest BCUT2D eigenvalue weighted by Gasteiger charge is -2.10. The first-order valence-electron chi connectivity index (χ1n) is 3.06. The zero-order valence-corrected chi connectivity index (χ0v) is 10.5. The highest BCUT2D eigenvalue weighted by Crippen LogP contribution is 2.29. The summed E-state index contributed by atoms with van der Waals surface area (Å²) in [5, 5.41) is 0. The molecule has 78 valence electrons. The number of hydrogen-bond donors (Lipinski definition) is 0. The Kier molecular flexibility index (Phi) is 3.77. The Balaban J connectivity index is 3.06. The number of ether oxygens (including phenoxy) is 1. The predicted octanol–water partition coefficient (Wildman–Crippen LogP) is 3.33. The van der Waals surface area contributed by atoms with Crippen LogP contribution in [0.15, 0.2) is 6.20 Å². The molecule has 0 aliphatic carbocycles. The number of pyridine rings is 1. The van der Waals surface area contributed by atoms with Crippen molar-refractivity contribution >= 4 is 45.2 Å². The molecule has 0 radical (unpaired) electrons. The molecule has 0 amide bonds. The maximum absolute atomic E-state index is 13.0. The van der Waals surface area contributed by atoms with E-state index >= 15 is 0 Å². The van der Waals surface area contributed by atoms with Crippen LogP contribution >= 0.6 is 45.2 Å². The number of rotatable bonds is 1. The third-order valence-electron chi connectivity index (χ3n) is 1.11. The first kappa shape index (κ1) is 12.2. The summed E-state index contributed by atoms with van der Waals surface area (Å²) in [6.07, 6.45) is -4.00. The van der Waals surface area contributed by atoms with Crippen LogP contribution in [0, 0.1) is 13.1 Å². The Morgan fingerprint density at radius 3 is 2.36 bits per heavy atom. The first-order chi connectivity index (χ1) is 6.31. The average Bonchev–Trinajstić information content (AvgIpc) is 2.04. The average molecular weight is 433 g/mol. The lowest BCUT2D eigenvalue weighted by Crippen LogP contribution is -2.18. The number of halogens is 6. The Bertz CT molecular complexity index is 354. The van der Waals surface area contributed by atoms with Crippen LogP contribution < -0.4 is 4.74 Å². The maximum atomic E-state index is 13.0. The topological polar surface area (TPSA) is 22.1 Å². The van der Waals surface area contributed by atoms with Crippen molar-refractivity contribution < 1.29 is 22.3 Å². The van der Waals surface area contributed by atoms with Crippen molar-refractivity contribution in [1.29, 1.82) is 0 Å². The lowest BCUT2D eigenvalue weighted by atomic mass is 10.4. The molecule has 0 unspecified atom stereocenters. The van der Waals surface area contributed by atoms with E-state index in [9.17, 15) is 17.6 Å². The lowest BCUT2D eigenvalue weighted by molar-refractivity contribution is -0.275. The fourth-order valence-corrected chi connectivity index (χ4v) is 2.05. The van der Waals surface area contributed by atoms with E-state index < -0.39 is 17.9 Å². The maximum Gasteiger partial charge on any atom is 0.573 e. The van der Waals surface area contributed by atoms with Crippen LogP contribution in [0.4, 0.5) is 17.6 Å². The van der Waals surface area contributed by atoms with Crippen molar-refractivity contribution in [3.05, 3.63) is 19.3 Å². The molecule has 0 aromatic carbocycles. The van der Waals surface area contributed by atoms with Gasteiger partial charge in [0.25, 0.3) is 0 Å². The molecule has 0 saturated heterocycles. The van der Waals surface area contributed by atoms with Gasteiger partial charge in [0, 0.05) is 0 Å². The van der Waals surface area contributed by atoms with Crippen molar-refractivity contribution in [2.24, 2.45) is 0 Å². The normalized spacial score (nSPS) is 11.6. The third kappa shape index (κ3) is 3.07. The molecule has 8 heteroatoms. The Morgan fingerprint density at radius 1 is 1.29 bits per heavy atom. The van der Waals surface area contributed by atoms with Gasteiger partial charge in [-0.15, -0.1) is 13.2 Å². The first-order valence-corrected chi connectivity index (χ1v) is 5.22. The van der Waals surface area contributed by atoms with Gasteiger partial charge in [0.05, 0.1) is 9.77 Å². The van der Waals surface area contributed by atoms with Gasteiger partial charge in [-0.1, -0.05) is 0 Å². The molecule has 0 spiro atoms. The minimum Gasteiger partial charge on any atom is -0.403 e. The van der Waals surface area contributed by atoms with E-state index in [0.717, 1.165) is 6.20 Å². The van der Waals surface area contributed by atoms with Crippen molar-refractivity contribution in [2.45, 2.75) is 6.36 Å². The predicted molar refractivity (Wildman–Crippen MR) is 56.3 cm³/mol. The summed E-state index contributed by atoms with van der Waals surface area (Å²) in [6.45, 7) is 0. The summed E-state index contributed by atoms with van der Waals surface area (Å²) in [6, 6.07) is 0. The molecule has 0 aliphatic heterocycles. The van der Waals surface area contributed by atoms with Gasteiger partial charge in [-0.3, -0.25) is 0 Å². The monoisotopic (exact) mass is 433 g/mol. The molecule has 1 aromatic rings. The second kappa shape index (κ2) is 4.33. The second-order valence-corrected chi connectivity index (χ2v) is 4.19. The zero-order valence-electron chi connectivity index (χ0n) is 6.20. The second-order valence-electron chi connectivity index (χ2n) is 2.09. The van der Waals surface area contributed by atoms with Crippen LogP contribution in [0.3, 0.4) is 0 Å². The highest BCUT2D eigenvalue weighted by molar-refractivity contribution is 14.1. The Morgan fingerprint density at radius 2 is 1.86 bits per heavy atom. The Labute approximate surface area is 103 Å². The van der Waals surface area contributed by atoms with E-state index in [2.05, 4.69) is 9.72 Å². The molecule has 1 aromatic heterocycles. The smallest absolute Gasteiger partial charge is 0.403 e. The van der Waals surface area contributed by atoms with Crippen LogP contribution in [0.1, 0.15) is 0 Å². The summed E-state index contributed by atoms with van der Waals surface area (Å²) in [4.78, 5) is 3.41. The molecule has 0 bridgehead atoms. The highest BCUT2D eigenvalue weighted by atomic mass is 127. The van der Waals surface area contributed by atoms with E-state index in [1.807, 2.05) is 0 Å². The van der Waals surface area contributed by atoms with E-state index in [-0.39, 0.29) is 7.27 Å². The van der Waals surface area contributed by atoms with Gasteiger partial charge in [-0.2, -0.15) is 0 Å². The number of nitrogens with zero attached hydrogens (tertiary/aromatic N) is 1. The molecule has 0 N–H and O–H groups in total. The Hall–Kier alpha value is 0.130. The molecular weight excluding hydrogens is 432 g/mol. The van der Waals surface area contributed by atoms with Crippen molar-refractivity contribution in [3.8, 4) is 5.75 Å². The van der Waals surface area contributed by atoms with Gasteiger partial charge in [0.1, 0.15) is 3.70 Å². The molecule has 0 aliphatic rings. The van der Waals surface area contributed by atoms with Crippen LogP contribution in [0.25, 0.3) is 0 Å². The van der Waals surface area contributed by atoms with Crippen molar-refractivity contribution in [1.82, 2.24) is 4.98 Å². The quantitative estimate of drug-likeness (QED) is 0.386. The molecule has 0 atom stereocenters. The molecular formula is C6HF4I2NO. The summed E-state index contributed by atoms with van der Waals surface area (Å²) < 4.78 is 51.7. The van der Waals surface area contributed by atoms with Crippen LogP contribution in [0.5, 0.6) is 5.75 Å². The summed E-state index contributed by atoms with van der Waals surface area (Å²) in [7, 11) is 0. The number of alkyl halides is 3. The standard InChI is InChI=1S/C6HF4I2NO/c7-3-4(11)2(1-13-5(3)12)14-6(8,9)10/h1H. The molecule has 2 nitrogen and oxygen atoms in total.